The Morgan fingerprint density at radius 2 is 1.86 bits per heavy atom. The summed E-state index contributed by atoms with van der Waals surface area (Å²) in [6.45, 7) is 1.93. The van der Waals surface area contributed by atoms with Crippen molar-refractivity contribution < 1.29 is 9.59 Å². The van der Waals surface area contributed by atoms with E-state index in [0.29, 0.717) is 10.6 Å². The van der Waals surface area contributed by atoms with Crippen LogP contribution in [0.25, 0.3) is 6.08 Å². The van der Waals surface area contributed by atoms with Gasteiger partial charge in [0, 0.05) is 4.47 Å². The van der Waals surface area contributed by atoms with Gasteiger partial charge in [-0.1, -0.05) is 40.2 Å². The summed E-state index contributed by atoms with van der Waals surface area (Å²) >= 11 is 4.36. The van der Waals surface area contributed by atoms with Crippen LogP contribution in [0.2, 0.25) is 0 Å². The lowest BCUT2D eigenvalue weighted by Crippen LogP contribution is -2.27. The molecule has 0 saturated carbocycles. The van der Waals surface area contributed by atoms with E-state index in [1.54, 1.807) is 12.1 Å². The summed E-state index contributed by atoms with van der Waals surface area (Å²) in [7, 11) is 0. The Labute approximate surface area is 141 Å². The minimum absolute atomic E-state index is 0.267. The molecule has 1 aliphatic heterocycles. The highest BCUT2D eigenvalue weighted by molar-refractivity contribution is 9.10. The predicted molar refractivity (Wildman–Crippen MR) is 93.8 cm³/mol. The number of carbonyl (C=O) groups excluding carboxylic acids is 2. The first-order valence-corrected chi connectivity index (χ1v) is 8.26. The molecule has 0 atom stereocenters. The number of anilines is 1. The normalized spacial score (nSPS) is 16.6. The molecule has 3 rings (SSSR count). The first-order chi connectivity index (χ1) is 10.5. The van der Waals surface area contributed by atoms with Crippen molar-refractivity contribution in [3.05, 3.63) is 69.0 Å². The lowest BCUT2D eigenvalue weighted by molar-refractivity contribution is -0.113. The van der Waals surface area contributed by atoms with Crippen molar-refractivity contribution in [1.82, 2.24) is 0 Å². The number of hydrogen-bond acceptors (Lipinski definition) is 3. The number of rotatable bonds is 2. The maximum Gasteiger partial charge on any atom is 0.298 e. The fourth-order valence-electron chi connectivity index (χ4n) is 2.21. The lowest BCUT2D eigenvalue weighted by atomic mass is 10.2. The van der Waals surface area contributed by atoms with Crippen LogP contribution in [0.4, 0.5) is 10.5 Å². The van der Waals surface area contributed by atoms with Gasteiger partial charge in [-0.15, -0.1) is 0 Å². The van der Waals surface area contributed by atoms with Crippen LogP contribution in [0.5, 0.6) is 0 Å². The third-order valence-electron chi connectivity index (χ3n) is 3.20. The number of amides is 2. The van der Waals surface area contributed by atoms with Gasteiger partial charge in [-0.25, -0.2) is 4.90 Å². The van der Waals surface area contributed by atoms with Crippen molar-refractivity contribution in [2.75, 3.05) is 4.90 Å². The van der Waals surface area contributed by atoms with Crippen molar-refractivity contribution in [3.63, 3.8) is 0 Å². The molecule has 0 spiro atoms. The lowest BCUT2D eigenvalue weighted by Gasteiger charge is -2.12. The summed E-state index contributed by atoms with van der Waals surface area (Å²) in [5.74, 6) is -0.277. The Kier molecular flexibility index (Phi) is 4.18. The highest BCUT2D eigenvalue weighted by atomic mass is 79.9. The van der Waals surface area contributed by atoms with Gasteiger partial charge in [0.05, 0.1) is 10.6 Å². The average Bonchev–Trinajstić information content (AvgIpc) is 2.73. The molecule has 1 aliphatic rings. The maximum absolute atomic E-state index is 12.5. The van der Waals surface area contributed by atoms with Crippen LogP contribution in [0.3, 0.4) is 0 Å². The molecule has 0 bridgehead atoms. The Balaban J connectivity index is 1.95. The summed E-state index contributed by atoms with van der Waals surface area (Å²) in [6.07, 6.45) is 1.74. The molecule has 2 amide bonds. The van der Waals surface area contributed by atoms with E-state index in [0.717, 1.165) is 27.4 Å². The number of nitrogens with zero attached hydrogens (tertiary/aromatic N) is 1. The molecule has 0 aromatic heterocycles. The standard InChI is InChI=1S/C17H12BrNO2S/c1-11-4-2-7-14(8-11)19-16(20)15(22-17(19)21)10-12-5-3-6-13(18)9-12/h2-10H,1H3/b15-10+. The summed E-state index contributed by atoms with van der Waals surface area (Å²) in [6, 6.07) is 15.0. The molecule has 22 heavy (non-hydrogen) atoms. The smallest absolute Gasteiger partial charge is 0.268 e. The van der Waals surface area contributed by atoms with Crippen molar-refractivity contribution in [3.8, 4) is 0 Å². The third kappa shape index (κ3) is 3.00. The predicted octanol–water partition coefficient (Wildman–Crippen LogP) is 5.00. The second-order valence-electron chi connectivity index (χ2n) is 4.91. The molecule has 0 radical (unpaired) electrons. The third-order valence-corrected chi connectivity index (χ3v) is 4.56. The van der Waals surface area contributed by atoms with E-state index in [2.05, 4.69) is 15.9 Å². The van der Waals surface area contributed by atoms with Gasteiger partial charge in [-0.05, 0) is 60.2 Å². The second kappa shape index (κ2) is 6.10. The molecule has 1 heterocycles. The van der Waals surface area contributed by atoms with Gasteiger partial charge < -0.3 is 0 Å². The van der Waals surface area contributed by atoms with Gasteiger partial charge in [0.2, 0.25) is 0 Å². The summed E-state index contributed by atoms with van der Waals surface area (Å²) in [5.41, 5.74) is 2.50. The maximum atomic E-state index is 12.5. The zero-order valence-electron chi connectivity index (χ0n) is 11.7. The topological polar surface area (TPSA) is 37.4 Å². The summed E-state index contributed by atoms with van der Waals surface area (Å²) in [5, 5.41) is -0.267. The van der Waals surface area contributed by atoms with Crippen LogP contribution in [0.1, 0.15) is 11.1 Å². The van der Waals surface area contributed by atoms with E-state index in [1.807, 2.05) is 49.4 Å². The van der Waals surface area contributed by atoms with E-state index in [-0.39, 0.29) is 11.1 Å². The number of halogens is 1. The van der Waals surface area contributed by atoms with Crippen LogP contribution < -0.4 is 4.90 Å². The number of imide groups is 1. The van der Waals surface area contributed by atoms with Crippen molar-refractivity contribution >= 4 is 50.6 Å². The van der Waals surface area contributed by atoms with Gasteiger partial charge in [-0.3, -0.25) is 9.59 Å². The van der Waals surface area contributed by atoms with E-state index >= 15 is 0 Å². The van der Waals surface area contributed by atoms with E-state index < -0.39 is 0 Å². The number of thioether (sulfide) groups is 1. The first kappa shape index (κ1) is 15.1. The molecule has 110 valence electrons. The van der Waals surface area contributed by atoms with Crippen LogP contribution in [-0.4, -0.2) is 11.1 Å². The Morgan fingerprint density at radius 1 is 1.09 bits per heavy atom. The largest absolute Gasteiger partial charge is 0.298 e. The van der Waals surface area contributed by atoms with Crippen molar-refractivity contribution in [2.45, 2.75) is 6.92 Å². The second-order valence-corrected chi connectivity index (χ2v) is 6.82. The molecule has 2 aromatic rings. The molecular formula is C17H12BrNO2S. The highest BCUT2D eigenvalue weighted by Crippen LogP contribution is 2.36. The molecule has 2 aromatic carbocycles. The van der Waals surface area contributed by atoms with Crippen LogP contribution in [-0.2, 0) is 4.79 Å². The Hall–Kier alpha value is -1.85. The minimum atomic E-state index is -0.277. The molecule has 5 heteroatoms. The molecular weight excluding hydrogens is 362 g/mol. The van der Waals surface area contributed by atoms with Crippen LogP contribution in [0.15, 0.2) is 57.9 Å². The van der Waals surface area contributed by atoms with E-state index in [4.69, 9.17) is 0 Å². The first-order valence-electron chi connectivity index (χ1n) is 6.65. The van der Waals surface area contributed by atoms with Gasteiger partial charge in [0.15, 0.2) is 0 Å². The minimum Gasteiger partial charge on any atom is -0.268 e. The Morgan fingerprint density at radius 3 is 2.59 bits per heavy atom. The number of benzene rings is 2. The monoisotopic (exact) mass is 373 g/mol. The molecule has 3 nitrogen and oxygen atoms in total. The van der Waals surface area contributed by atoms with Crippen LogP contribution >= 0.6 is 27.7 Å². The van der Waals surface area contributed by atoms with Gasteiger partial charge >= 0.3 is 0 Å². The van der Waals surface area contributed by atoms with E-state index in [1.165, 1.54) is 4.90 Å². The zero-order valence-corrected chi connectivity index (χ0v) is 14.1. The van der Waals surface area contributed by atoms with Gasteiger partial charge in [-0.2, -0.15) is 0 Å². The van der Waals surface area contributed by atoms with Gasteiger partial charge in [0.1, 0.15) is 0 Å². The molecule has 1 saturated heterocycles. The number of hydrogen-bond donors (Lipinski definition) is 0. The fourth-order valence-corrected chi connectivity index (χ4v) is 3.46. The SMILES string of the molecule is Cc1cccc(N2C(=O)S/C(=C/c3cccc(Br)c3)C2=O)c1. The Bertz CT molecular complexity index is 801. The average molecular weight is 374 g/mol. The van der Waals surface area contributed by atoms with Crippen LogP contribution in [0, 0.1) is 6.92 Å². The summed E-state index contributed by atoms with van der Waals surface area (Å²) in [4.78, 5) is 26.4. The summed E-state index contributed by atoms with van der Waals surface area (Å²) < 4.78 is 0.930. The zero-order chi connectivity index (χ0) is 15.7. The quantitative estimate of drug-likeness (QED) is 0.695. The number of carbonyl (C=O) groups is 2. The fraction of sp³-hybridized carbons (Fsp3) is 0.0588. The molecule has 0 unspecified atom stereocenters. The van der Waals surface area contributed by atoms with E-state index in [9.17, 15) is 9.59 Å². The molecule has 0 N–H and O–H groups in total. The number of aryl methyl sites for hydroxylation is 1. The molecule has 1 fully saturated rings. The highest BCUT2D eigenvalue weighted by Gasteiger charge is 2.36. The molecule has 0 aliphatic carbocycles. The van der Waals surface area contributed by atoms with Crippen molar-refractivity contribution in [2.24, 2.45) is 0 Å². The van der Waals surface area contributed by atoms with Crippen molar-refractivity contribution in [1.29, 1.82) is 0 Å². The van der Waals surface area contributed by atoms with Gasteiger partial charge in [0.25, 0.3) is 11.1 Å².